The second-order valence-corrected chi connectivity index (χ2v) is 5.07. The Morgan fingerprint density at radius 2 is 2.06 bits per heavy atom. The predicted octanol–water partition coefficient (Wildman–Crippen LogP) is 2.87. The van der Waals surface area contributed by atoms with Gasteiger partial charge in [-0.1, -0.05) is 18.0 Å². The van der Waals surface area contributed by atoms with Gasteiger partial charge in [0.15, 0.2) is 0 Å². The maximum absolute atomic E-state index is 12.1. The van der Waals surface area contributed by atoms with Crippen molar-refractivity contribution in [2.24, 2.45) is 5.41 Å². The zero-order valence-corrected chi connectivity index (χ0v) is 9.60. The summed E-state index contributed by atoms with van der Waals surface area (Å²) in [5.74, 6) is 0.146. The Balaban J connectivity index is 1.96. The molecule has 1 aromatic rings. The van der Waals surface area contributed by atoms with Gasteiger partial charge in [0.25, 0.3) is 0 Å². The van der Waals surface area contributed by atoms with Crippen LogP contribution < -0.4 is 10.6 Å². The van der Waals surface area contributed by atoms with Crippen LogP contribution in [0.2, 0.25) is 5.02 Å². The summed E-state index contributed by atoms with van der Waals surface area (Å²) >= 11 is 5.93. The van der Waals surface area contributed by atoms with Crippen LogP contribution in [0.4, 0.5) is 11.4 Å². The molecule has 84 valence electrons. The number of amides is 1. The molecule has 1 amide bonds. The molecule has 0 bridgehead atoms. The van der Waals surface area contributed by atoms with Crippen molar-refractivity contribution in [2.75, 3.05) is 17.2 Å². The Bertz CT molecular complexity index is 454. The molecule has 1 fully saturated rings. The highest BCUT2D eigenvalue weighted by atomic mass is 35.5. The topological polar surface area (TPSA) is 41.1 Å². The summed E-state index contributed by atoms with van der Waals surface area (Å²) < 4.78 is 0. The van der Waals surface area contributed by atoms with E-state index in [9.17, 15) is 4.79 Å². The van der Waals surface area contributed by atoms with Crippen LogP contribution >= 0.6 is 11.6 Å². The highest BCUT2D eigenvalue weighted by Gasteiger charge is 2.45. The minimum Gasteiger partial charge on any atom is -0.382 e. The van der Waals surface area contributed by atoms with Crippen LogP contribution in [-0.4, -0.2) is 12.5 Å². The molecule has 1 aliphatic heterocycles. The van der Waals surface area contributed by atoms with Gasteiger partial charge in [-0.3, -0.25) is 4.79 Å². The fourth-order valence-electron chi connectivity index (χ4n) is 2.38. The second-order valence-electron chi connectivity index (χ2n) is 4.63. The molecule has 3 nitrogen and oxygen atoms in total. The van der Waals surface area contributed by atoms with E-state index in [1.54, 1.807) is 6.07 Å². The van der Waals surface area contributed by atoms with E-state index in [1.165, 1.54) is 0 Å². The minimum absolute atomic E-state index is 0.146. The number of carbonyl (C=O) groups is 1. The van der Waals surface area contributed by atoms with E-state index in [-0.39, 0.29) is 11.3 Å². The van der Waals surface area contributed by atoms with Crippen molar-refractivity contribution in [1.82, 2.24) is 0 Å². The van der Waals surface area contributed by atoms with E-state index in [0.717, 1.165) is 30.6 Å². The van der Waals surface area contributed by atoms with Crippen LogP contribution in [0.25, 0.3) is 0 Å². The van der Waals surface area contributed by atoms with Crippen molar-refractivity contribution < 1.29 is 4.79 Å². The van der Waals surface area contributed by atoms with Gasteiger partial charge in [0.2, 0.25) is 5.91 Å². The van der Waals surface area contributed by atoms with E-state index >= 15 is 0 Å². The molecule has 1 spiro atoms. The average molecular weight is 237 g/mol. The van der Waals surface area contributed by atoms with Crippen molar-refractivity contribution in [1.29, 1.82) is 0 Å². The zero-order valence-electron chi connectivity index (χ0n) is 8.85. The number of rotatable bonds is 0. The molecule has 1 heterocycles. The van der Waals surface area contributed by atoms with Crippen molar-refractivity contribution in [3.05, 3.63) is 23.2 Å². The molecule has 2 aliphatic rings. The molecule has 0 atom stereocenters. The smallest absolute Gasteiger partial charge is 0.232 e. The summed E-state index contributed by atoms with van der Waals surface area (Å²) in [4.78, 5) is 12.1. The third-order valence-electron chi connectivity index (χ3n) is 3.64. The largest absolute Gasteiger partial charge is 0.382 e. The summed E-state index contributed by atoms with van der Waals surface area (Å²) in [5, 5.41) is 6.99. The fraction of sp³-hybridized carbons (Fsp3) is 0.417. The van der Waals surface area contributed by atoms with Gasteiger partial charge in [-0.15, -0.1) is 0 Å². The normalized spacial score (nSPS) is 21.4. The standard InChI is InChI=1S/C12H13ClN2O/c13-8-2-3-9-10(6-8)14-7-12(4-1-5-12)11(16)15-9/h2-3,6,14H,1,4-5,7H2,(H,15,16). The van der Waals surface area contributed by atoms with Crippen LogP contribution in [0.1, 0.15) is 19.3 Å². The first-order chi connectivity index (χ1) is 7.70. The molecule has 0 unspecified atom stereocenters. The number of nitrogens with one attached hydrogen (secondary N) is 2. The average Bonchev–Trinajstić information content (AvgIpc) is 2.33. The Labute approximate surface area is 99.2 Å². The number of hydrogen-bond donors (Lipinski definition) is 2. The van der Waals surface area contributed by atoms with Crippen molar-refractivity contribution in [3.63, 3.8) is 0 Å². The predicted molar refractivity (Wildman–Crippen MR) is 64.9 cm³/mol. The second kappa shape index (κ2) is 3.39. The van der Waals surface area contributed by atoms with E-state index in [4.69, 9.17) is 11.6 Å². The lowest BCUT2D eigenvalue weighted by Gasteiger charge is -2.38. The van der Waals surface area contributed by atoms with Crippen molar-refractivity contribution in [2.45, 2.75) is 19.3 Å². The Hall–Kier alpha value is -1.22. The highest BCUT2D eigenvalue weighted by molar-refractivity contribution is 6.31. The molecule has 1 aromatic carbocycles. The lowest BCUT2D eigenvalue weighted by Crippen LogP contribution is -2.45. The lowest BCUT2D eigenvalue weighted by atomic mass is 9.68. The number of carbonyl (C=O) groups excluding carboxylic acids is 1. The summed E-state index contributed by atoms with van der Waals surface area (Å²) in [6.45, 7) is 0.714. The van der Waals surface area contributed by atoms with E-state index in [2.05, 4.69) is 10.6 Å². The van der Waals surface area contributed by atoms with E-state index in [1.807, 2.05) is 12.1 Å². The number of fused-ring (bicyclic) bond motifs is 1. The molecule has 1 saturated carbocycles. The summed E-state index contributed by atoms with van der Waals surface area (Å²) in [5.41, 5.74) is 1.56. The van der Waals surface area contributed by atoms with Gasteiger partial charge < -0.3 is 10.6 Å². The summed E-state index contributed by atoms with van der Waals surface area (Å²) in [6.07, 6.45) is 3.10. The summed E-state index contributed by atoms with van der Waals surface area (Å²) in [6, 6.07) is 5.50. The van der Waals surface area contributed by atoms with Crippen LogP contribution in [0.3, 0.4) is 0 Å². The monoisotopic (exact) mass is 236 g/mol. The van der Waals surface area contributed by atoms with Gasteiger partial charge in [0.1, 0.15) is 0 Å². The highest BCUT2D eigenvalue weighted by Crippen LogP contribution is 2.44. The van der Waals surface area contributed by atoms with Crippen LogP contribution in [-0.2, 0) is 4.79 Å². The first-order valence-corrected chi connectivity index (χ1v) is 5.92. The van der Waals surface area contributed by atoms with Crippen LogP contribution in [0.15, 0.2) is 18.2 Å². The quantitative estimate of drug-likeness (QED) is 0.727. The van der Waals surface area contributed by atoms with Crippen molar-refractivity contribution >= 4 is 28.9 Å². The van der Waals surface area contributed by atoms with E-state index in [0.29, 0.717) is 11.6 Å². The molecular weight excluding hydrogens is 224 g/mol. The maximum atomic E-state index is 12.1. The molecule has 3 rings (SSSR count). The minimum atomic E-state index is -0.189. The Morgan fingerprint density at radius 1 is 1.25 bits per heavy atom. The third kappa shape index (κ3) is 1.39. The Kier molecular flexibility index (Phi) is 2.11. The van der Waals surface area contributed by atoms with Gasteiger partial charge in [-0.2, -0.15) is 0 Å². The number of benzene rings is 1. The van der Waals surface area contributed by atoms with Gasteiger partial charge in [-0.05, 0) is 31.0 Å². The molecule has 1 aliphatic carbocycles. The lowest BCUT2D eigenvalue weighted by molar-refractivity contribution is -0.129. The molecular formula is C12H13ClN2O. The van der Waals surface area contributed by atoms with Crippen molar-refractivity contribution in [3.8, 4) is 0 Å². The molecule has 2 N–H and O–H groups in total. The van der Waals surface area contributed by atoms with Gasteiger partial charge in [-0.25, -0.2) is 0 Å². The van der Waals surface area contributed by atoms with Gasteiger partial charge in [0, 0.05) is 11.6 Å². The Morgan fingerprint density at radius 3 is 2.75 bits per heavy atom. The molecule has 4 heteroatoms. The molecule has 16 heavy (non-hydrogen) atoms. The zero-order chi connectivity index (χ0) is 11.2. The van der Waals surface area contributed by atoms with Crippen LogP contribution in [0.5, 0.6) is 0 Å². The maximum Gasteiger partial charge on any atom is 0.232 e. The number of hydrogen-bond acceptors (Lipinski definition) is 2. The molecule has 0 radical (unpaired) electrons. The fourth-order valence-corrected chi connectivity index (χ4v) is 2.55. The van der Waals surface area contributed by atoms with E-state index < -0.39 is 0 Å². The molecule has 0 saturated heterocycles. The summed E-state index contributed by atoms with van der Waals surface area (Å²) in [7, 11) is 0. The van der Waals surface area contributed by atoms with Crippen LogP contribution in [0, 0.1) is 5.41 Å². The first-order valence-electron chi connectivity index (χ1n) is 5.55. The molecule has 0 aromatic heterocycles. The van der Waals surface area contributed by atoms with Gasteiger partial charge >= 0.3 is 0 Å². The SMILES string of the molecule is O=C1Nc2ccc(Cl)cc2NCC12CCC2. The van der Waals surface area contributed by atoms with Gasteiger partial charge in [0.05, 0.1) is 16.8 Å². The number of anilines is 2. The number of halogens is 1. The first kappa shape index (κ1) is 9.97. The third-order valence-corrected chi connectivity index (χ3v) is 3.87.